The average molecular weight is 445 g/mol. The number of hydrogen-bond acceptors (Lipinski definition) is 6. The number of anilines is 1. The van der Waals surface area contributed by atoms with Gasteiger partial charge in [0.05, 0.1) is 4.90 Å². The predicted molar refractivity (Wildman–Crippen MR) is 118 cm³/mol. The monoisotopic (exact) mass is 444 g/mol. The van der Waals surface area contributed by atoms with Crippen LogP contribution in [-0.2, 0) is 27.7 Å². The maximum Gasteiger partial charge on any atom is 0.240 e. The summed E-state index contributed by atoms with van der Waals surface area (Å²) in [5.74, 6) is -0.103. The lowest BCUT2D eigenvalue weighted by atomic mass is 10.1. The predicted octanol–water partition coefficient (Wildman–Crippen LogP) is 3.33. The molecule has 3 aromatic rings. The van der Waals surface area contributed by atoms with Gasteiger partial charge in [0.15, 0.2) is 0 Å². The quantitative estimate of drug-likeness (QED) is 0.499. The van der Waals surface area contributed by atoms with Crippen molar-refractivity contribution in [2.45, 2.75) is 37.5 Å². The third kappa shape index (κ3) is 6.72. The minimum Gasteiger partial charge on any atom is -0.301 e. The van der Waals surface area contributed by atoms with Crippen LogP contribution in [0.2, 0.25) is 0 Å². The van der Waals surface area contributed by atoms with Gasteiger partial charge in [-0.15, -0.1) is 10.2 Å². The Morgan fingerprint density at radius 3 is 2.47 bits per heavy atom. The van der Waals surface area contributed by atoms with E-state index >= 15 is 0 Å². The van der Waals surface area contributed by atoms with Crippen LogP contribution in [0.15, 0.2) is 59.5 Å². The van der Waals surface area contributed by atoms with Gasteiger partial charge in [-0.2, -0.15) is 0 Å². The molecular formula is C21H24N4O3S2. The summed E-state index contributed by atoms with van der Waals surface area (Å²) >= 11 is 1.25. The van der Waals surface area contributed by atoms with Crippen molar-refractivity contribution >= 4 is 32.4 Å². The number of carbonyl (C=O) groups excluding carboxylic acids is 1. The molecule has 0 bridgehead atoms. The molecule has 158 valence electrons. The molecule has 2 N–H and O–H groups in total. The van der Waals surface area contributed by atoms with Crippen molar-refractivity contribution in [2.24, 2.45) is 0 Å². The minimum absolute atomic E-state index is 0.103. The van der Waals surface area contributed by atoms with Crippen LogP contribution in [0.5, 0.6) is 0 Å². The Bertz CT molecular complexity index is 1070. The van der Waals surface area contributed by atoms with Crippen LogP contribution in [0.25, 0.3) is 0 Å². The molecule has 0 fully saturated rings. The van der Waals surface area contributed by atoms with Crippen LogP contribution < -0.4 is 10.0 Å². The zero-order valence-electron chi connectivity index (χ0n) is 16.7. The number of nitrogens with one attached hydrogen (secondary N) is 2. The van der Waals surface area contributed by atoms with Crippen molar-refractivity contribution < 1.29 is 13.2 Å². The lowest BCUT2D eigenvalue weighted by Gasteiger charge is -2.05. The lowest BCUT2D eigenvalue weighted by molar-refractivity contribution is -0.116. The van der Waals surface area contributed by atoms with E-state index in [0.717, 1.165) is 18.4 Å². The first-order valence-electron chi connectivity index (χ1n) is 9.65. The van der Waals surface area contributed by atoms with Crippen LogP contribution in [0.4, 0.5) is 5.13 Å². The summed E-state index contributed by atoms with van der Waals surface area (Å²) in [4.78, 5) is 12.3. The van der Waals surface area contributed by atoms with Gasteiger partial charge in [0.2, 0.25) is 21.1 Å². The van der Waals surface area contributed by atoms with Gasteiger partial charge in [-0.25, -0.2) is 13.1 Å². The molecule has 0 saturated carbocycles. The average Bonchev–Trinajstić information content (AvgIpc) is 3.16. The molecule has 3 rings (SSSR count). The Balaban J connectivity index is 1.41. The number of nitrogens with zero attached hydrogens (tertiary/aromatic N) is 2. The standard InChI is InChI=1S/C21H24N4O3S2/c1-16-10-12-18(13-11-16)30(27,28)22-15-14-20-24-25-21(29-20)23-19(26)9-5-8-17-6-3-2-4-7-17/h2-4,6-7,10-13,22H,5,8-9,14-15H2,1H3,(H,23,25,26). The minimum atomic E-state index is -3.56. The van der Waals surface area contributed by atoms with E-state index in [-0.39, 0.29) is 17.3 Å². The van der Waals surface area contributed by atoms with Crippen LogP contribution in [0, 0.1) is 6.92 Å². The van der Waals surface area contributed by atoms with E-state index < -0.39 is 10.0 Å². The molecule has 0 unspecified atom stereocenters. The molecule has 7 nitrogen and oxygen atoms in total. The molecule has 9 heteroatoms. The Morgan fingerprint density at radius 1 is 1.00 bits per heavy atom. The zero-order valence-corrected chi connectivity index (χ0v) is 18.3. The van der Waals surface area contributed by atoms with Crippen molar-refractivity contribution in [3.05, 3.63) is 70.7 Å². The van der Waals surface area contributed by atoms with Crippen LogP contribution >= 0.6 is 11.3 Å². The summed E-state index contributed by atoms with van der Waals surface area (Å²) in [6.45, 7) is 2.11. The van der Waals surface area contributed by atoms with E-state index in [1.54, 1.807) is 24.3 Å². The third-order valence-electron chi connectivity index (χ3n) is 4.39. The number of aromatic nitrogens is 2. The Labute approximate surface area is 180 Å². The molecule has 2 aromatic carbocycles. The summed E-state index contributed by atoms with van der Waals surface area (Å²) in [6.07, 6.45) is 2.39. The van der Waals surface area contributed by atoms with E-state index in [1.807, 2.05) is 37.3 Å². The van der Waals surface area contributed by atoms with Gasteiger partial charge in [0, 0.05) is 19.4 Å². The fourth-order valence-corrected chi connectivity index (χ4v) is 4.57. The summed E-state index contributed by atoms with van der Waals surface area (Å²) in [5, 5.41) is 11.8. The largest absolute Gasteiger partial charge is 0.301 e. The molecule has 1 heterocycles. The summed E-state index contributed by atoms with van der Waals surface area (Å²) in [6, 6.07) is 16.7. The molecule has 0 aliphatic carbocycles. The molecule has 0 saturated heterocycles. The molecule has 30 heavy (non-hydrogen) atoms. The first-order chi connectivity index (χ1) is 14.4. The van der Waals surface area contributed by atoms with E-state index in [4.69, 9.17) is 0 Å². The normalized spacial score (nSPS) is 11.4. The van der Waals surface area contributed by atoms with E-state index in [1.165, 1.54) is 16.9 Å². The number of rotatable bonds is 10. The van der Waals surface area contributed by atoms with Gasteiger partial charge in [0.1, 0.15) is 5.01 Å². The second kappa shape index (κ2) is 10.4. The smallest absolute Gasteiger partial charge is 0.240 e. The maximum atomic E-state index is 12.3. The SMILES string of the molecule is Cc1ccc(S(=O)(=O)NCCc2nnc(NC(=O)CCCc3ccccc3)s2)cc1. The van der Waals surface area contributed by atoms with Crippen LogP contribution in [0.3, 0.4) is 0 Å². The number of sulfonamides is 1. The summed E-state index contributed by atoms with van der Waals surface area (Å²) in [5.41, 5.74) is 2.20. The second-order valence-corrected chi connectivity index (χ2v) is 9.68. The van der Waals surface area contributed by atoms with Crippen molar-refractivity contribution in [2.75, 3.05) is 11.9 Å². The number of amides is 1. The van der Waals surface area contributed by atoms with Crippen molar-refractivity contribution in [3.8, 4) is 0 Å². The maximum absolute atomic E-state index is 12.3. The zero-order chi connectivity index (χ0) is 21.4. The van der Waals surface area contributed by atoms with Gasteiger partial charge in [0.25, 0.3) is 0 Å². The fourth-order valence-electron chi connectivity index (χ4n) is 2.78. The molecule has 0 aliphatic rings. The van der Waals surface area contributed by atoms with Gasteiger partial charge in [-0.3, -0.25) is 4.79 Å². The van der Waals surface area contributed by atoms with Crippen molar-refractivity contribution in [3.63, 3.8) is 0 Å². The molecule has 0 atom stereocenters. The first-order valence-corrected chi connectivity index (χ1v) is 11.9. The summed E-state index contributed by atoms with van der Waals surface area (Å²) in [7, 11) is -3.56. The molecule has 1 aromatic heterocycles. The number of aryl methyl sites for hydroxylation is 2. The topological polar surface area (TPSA) is 101 Å². The van der Waals surface area contributed by atoms with E-state index in [2.05, 4.69) is 20.2 Å². The third-order valence-corrected chi connectivity index (χ3v) is 6.76. The van der Waals surface area contributed by atoms with Crippen molar-refractivity contribution in [1.29, 1.82) is 0 Å². The summed E-state index contributed by atoms with van der Waals surface area (Å²) < 4.78 is 27.1. The van der Waals surface area contributed by atoms with Gasteiger partial charge in [-0.05, 0) is 37.5 Å². The van der Waals surface area contributed by atoms with Gasteiger partial charge >= 0.3 is 0 Å². The molecule has 0 radical (unpaired) electrons. The van der Waals surface area contributed by atoms with Crippen LogP contribution in [0.1, 0.15) is 29.0 Å². The molecule has 0 spiro atoms. The second-order valence-electron chi connectivity index (χ2n) is 6.85. The van der Waals surface area contributed by atoms with E-state index in [9.17, 15) is 13.2 Å². The number of hydrogen-bond donors (Lipinski definition) is 2. The van der Waals surface area contributed by atoms with Gasteiger partial charge in [-0.1, -0.05) is 59.4 Å². The molecular weight excluding hydrogens is 420 g/mol. The van der Waals surface area contributed by atoms with E-state index in [0.29, 0.717) is 23.0 Å². The fraction of sp³-hybridized carbons (Fsp3) is 0.286. The number of carbonyl (C=O) groups is 1. The van der Waals surface area contributed by atoms with Crippen molar-refractivity contribution in [1.82, 2.24) is 14.9 Å². The lowest BCUT2D eigenvalue weighted by Crippen LogP contribution is -2.25. The highest BCUT2D eigenvalue weighted by Crippen LogP contribution is 2.17. The highest BCUT2D eigenvalue weighted by Gasteiger charge is 2.14. The highest BCUT2D eigenvalue weighted by molar-refractivity contribution is 7.89. The Hall–Kier alpha value is -2.62. The first kappa shape index (κ1) is 22.1. The van der Waals surface area contributed by atoms with Crippen LogP contribution in [-0.4, -0.2) is 31.1 Å². The Morgan fingerprint density at radius 2 is 1.73 bits per heavy atom. The Kier molecular flexibility index (Phi) is 7.67. The highest BCUT2D eigenvalue weighted by atomic mass is 32.2. The molecule has 1 amide bonds. The van der Waals surface area contributed by atoms with Gasteiger partial charge < -0.3 is 5.32 Å². The number of benzene rings is 2. The molecule has 0 aliphatic heterocycles.